The van der Waals surface area contributed by atoms with Gasteiger partial charge in [0, 0.05) is 6.54 Å². The maximum Gasteiger partial charge on any atom is 0.258 e. The van der Waals surface area contributed by atoms with Crippen molar-refractivity contribution in [2.45, 2.75) is 25.5 Å². The molecule has 4 heteroatoms. The lowest BCUT2D eigenvalue weighted by Crippen LogP contribution is -2.43. The Hall–Kier alpha value is -1.42. The first kappa shape index (κ1) is 11.1. The van der Waals surface area contributed by atoms with E-state index in [0.717, 1.165) is 12.8 Å². The summed E-state index contributed by atoms with van der Waals surface area (Å²) in [5.41, 5.74) is 0.0310. The van der Waals surface area contributed by atoms with E-state index < -0.39 is 18.0 Å². The van der Waals surface area contributed by atoms with E-state index in [1.807, 2.05) is 0 Å². The molecule has 1 saturated heterocycles. The molecule has 0 spiro atoms. The number of nitrogens with zero attached hydrogens (tertiary/aromatic N) is 1. The second-order valence-corrected chi connectivity index (χ2v) is 3.95. The molecule has 3 nitrogen and oxygen atoms in total. The van der Waals surface area contributed by atoms with Crippen LogP contribution in [0.25, 0.3) is 0 Å². The number of aliphatic hydroxyl groups excluding tert-OH is 1. The Morgan fingerprint density at radius 3 is 2.81 bits per heavy atom. The van der Waals surface area contributed by atoms with Gasteiger partial charge < -0.3 is 10.0 Å². The number of carbonyl (C=O) groups excluding carboxylic acids is 1. The summed E-state index contributed by atoms with van der Waals surface area (Å²) in [6.45, 7) is 0.494. The van der Waals surface area contributed by atoms with E-state index in [0.29, 0.717) is 13.0 Å². The summed E-state index contributed by atoms with van der Waals surface area (Å²) in [5.74, 6) is -0.962. The molecule has 0 saturated carbocycles. The van der Waals surface area contributed by atoms with Crippen LogP contribution >= 0.6 is 0 Å². The highest BCUT2D eigenvalue weighted by atomic mass is 19.1. The second-order valence-electron chi connectivity index (χ2n) is 3.95. The summed E-state index contributed by atoms with van der Waals surface area (Å²) < 4.78 is 13.4. The monoisotopic (exact) mass is 223 g/mol. The van der Waals surface area contributed by atoms with Crippen LogP contribution in [0.5, 0.6) is 0 Å². The number of likely N-dealkylation sites (tertiary alicyclic amines) is 1. The van der Waals surface area contributed by atoms with Crippen molar-refractivity contribution in [1.82, 2.24) is 4.90 Å². The van der Waals surface area contributed by atoms with E-state index in [1.165, 1.54) is 17.0 Å². The zero-order valence-corrected chi connectivity index (χ0v) is 8.90. The van der Waals surface area contributed by atoms with Gasteiger partial charge in [-0.15, -0.1) is 0 Å². The maximum absolute atomic E-state index is 13.4. The molecule has 0 radical (unpaired) electrons. The maximum atomic E-state index is 13.4. The number of aliphatic hydroxyl groups is 1. The molecule has 0 aliphatic carbocycles. The summed E-state index contributed by atoms with van der Waals surface area (Å²) in [7, 11) is 0. The van der Waals surface area contributed by atoms with Crippen LogP contribution in [0, 0.1) is 5.82 Å². The number of hydrogen-bond donors (Lipinski definition) is 1. The molecule has 2 rings (SSSR count). The van der Waals surface area contributed by atoms with Crippen molar-refractivity contribution in [1.29, 1.82) is 0 Å². The van der Waals surface area contributed by atoms with Crippen LogP contribution in [-0.4, -0.2) is 28.7 Å². The van der Waals surface area contributed by atoms with E-state index in [-0.39, 0.29) is 5.56 Å². The zero-order chi connectivity index (χ0) is 11.5. The minimum Gasteiger partial charge on any atom is -0.374 e. The summed E-state index contributed by atoms with van der Waals surface area (Å²) in [4.78, 5) is 13.3. The van der Waals surface area contributed by atoms with Crippen LogP contribution in [0.2, 0.25) is 0 Å². The van der Waals surface area contributed by atoms with Crippen molar-refractivity contribution < 1.29 is 14.3 Å². The third-order valence-electron chi connectivity index (χ3n) is 2.84. The van der Waals surface area contributed by atoms with Gasteiger partial charge in [0.15, 0.2) is 0 Å². The van der Waals surface area contributed by atoms with Crippen molar-refractivity contribution in [3.05, 3.63) is 35.6 Å². The fourth-order valence-corrected chi connectivity index (χ4v) is 1.94. The molecule has 1 heterocycles. The number of halogens is 1. The first-order valence-electron chi connectivity index (χ1n) is 5.43. The average molecular weight is 223 g/mol. The van der Waals surface area contributed by atoms with Gasteiger partial charge in [0.2, 0.25) is 0 Å². The van der Waals surface area contributed by atoms with Crippen LogP contribution in [0.4, 0.5) is 4.39 Å². The number of rotatable bonds is 1. The largest absolute Gasteiger partial charge is 0.374 e. The van der Waals surface area contributed by atoms with Gasteiger partial charge >= 0.3 is 0 Å². The standard InChI is InChI=1S/C12H14FNO2/c13-10-6-2-1-5-9(10)12(16)14-8-4-3-7-11(14)15/h1-2,5-6,11,15H,3-4,7-8H2. The van der Waals surface area contributed by atoms with Gasteiger partial charge in [-0.2, -0.15) is 0 Å². The van der Waals surface area contributed by atoms with Crippen molar-refractivity contribution in [2.75, 3.05) is 6.54 Å². The molecule has 0 aromatic heterocycles. The zero-order valence-electron chi connectivity index (χ0n) is 8.90. The number of hydrogen-bond acceptors (Lipinski definition) is 2. The lowest BCUT2D eigenvalue weighted by atomic mass is 10.1. The molecular formula is C12H14FNO2. The fraction of sp³-hybridized carbons (Fsp3) is 0.417. The van der Waals surface area contributed by atoms with E-state index in [2.05, 4.69) is 0 Å². The van der Waals surface area contributed by atoms with Crippen LogP contribution in [0.3, 0.4) is 0 Å². The summed E-state index contributed by atoms with van der Waals surface area (Å²) in [6, 6.07) is 5.86. The Kier molecular flexibility index (Phi) is 3.19. The molecule has 1 amide bonds. The summed E-state index contributed by atoms with van der Waals surface area (Å²) in [6.07, 6.45) is 1.56. The van der Waals surface area contributed by atoms with Crippen LogP contribution in [0.1, 0.15) is 29.6 Å². The van der Waals surface area contributed by atoms with Crippen molar-refractivity contribution >= 4 is 5.91 Å². The summed E-state index contributed by atoms with van der Waals surface area (Å²) in [5, 5.41) is 9.67. The van der Waals surface area contributed by atoms with Crippen molar-refractivity contribution in [3.8, 4) is 0 Å². The molecule has 1 aromatic rings. The number of benzene rings is 1. The Morgan fingerprint density at radius 2 is 2.12 bits per heavy atom. The topological polar surface area (TPSA) is 40.5 Å². The minimum atomic E-state index is -0.777. The highest BCUT2D eigenvalue weighted by Crippen LogP contribution is 2.19. The first-order chi connectivity index (χ1) is 7.70. The Morgan fingerprint density at radius 1 is 1.38 bits per heavy atom. The van der Waals surface area contributed by atoms with Gasteiger partial charge in [-0.1, -0.05) is 12.1 Å². The van der Waals surface area contributed by atoms with E-state index >= 15 is 0 Å². The molecule has 1 fully saturated rings. The van der Waals surface area contributed by atoms with Crippen molar-refractivity contribution in [3.63, 3.8) is 0 Å². The minimum absolute atomic E-state index is 0.0310. The molecule has 1 N–H and O–H groups in total. The number of amides is 1. The summed E-state index contributed by atoms with van der Waals surface area (Å²) >= 11 is 0. The lowest BCUT2D eigenvalue weighted by Gasteiger charge is -2.32. The molecule has 1 atom stereocenters. The van der Waals surface area contributed by atoms with Gasteiger partial charge in [0.1, 0.15) is 12.0 Å². The lowest BCUT2D eigenvalue weighted by molar-refractivity contribution is -0.0122. The van der Waals surface area contributed by atoms with Crippen LogP contribution < -0.4 is 0 Å². The average Bonchev–Trinajstić information content (AvgIpc) is 2.29. The van der Waals surface area contributed by atoms with Crippen LogP contribution in [-0.2, 0) is 0 Å². The van der Waals surface area contributed by atoms with Gasteiger partial charge in [-0.25, -0.2) is 4.39 Å². The highest BCUT2D eigenvalue weighted by molar-refractivity contribution is 5.94. The van der Waals surface area contributed by atoms with E-state index in [9.17, 15) is 14.3 Å². The molecule has 0 bridgehead atoms. The normalized spacial score (nSPS) is 20.9. The van der Waals surface area contributed by atoms with Gasteiger partial charge in [-0.3, -0.25) is 4.79 Å². The molecular weight excluding hydrogens is 209 g/mol. The quantitative estimate of drug-likeness (QED) is 0.788. The molecule has 1 aliphatic rings. The molecule has 1 unspecified atom stereocenters. The molecule has 16 heavy (non-hydrogen) atoms. The molecule has 1 aliphatic heterocycles. The highest BCUT2D eigenvalue weighted by Gasteiger charge is 2.26. The van der Waals surface area contributed by atoms with E-state index in [1.54, 1.807) is 12.1 Å². The Balaban J connectivity index is 2.21. The Bertz CT molecular complexity index is 394. The first-order valence-corrected chi connectivity index (χ1v) is 5.43. The fourth-order valence-electron chi connectivity index (χ4n) is 1.94. The predicted octanol–water partition coefficient (Wildman–Crippen LogP) is 1.77. The molecule has 86 valence electrons. The number of piperidine rings is 1. The second kappa shape index (κ2) is 4.61. The Labute approximate surface area is 93.5 Å². The third kappa shape index (κ3) is 2.07. The van der Waals surface area contributed by atoms with Gasteiger partial charge in [-0.05, 0) is 31.4 Å². The molecule has 1 aromatic carbocycles. The van der Waals surface area contributed by atoms with Gasteiger partial charge in [0.05, 0.1) is 5.56 Å². The third-order valence-corrected chi connectivity index (χ3v) is 2.84. The van der Waals surface area contributed by atoms with Crippen molar-refractivity contribution in [2.24, 2.45) is 0 Å². The van der Waals surface area contributed by atoms with Gasteiger partial charge in [0.25, 0.3) is 5.91 Å². The SMILES string of the molecule is O=C(c1ccccc1F)N1CCCCC1O. The smallest absolute Gasteiger partial charge is 0.258 e. The van der Waals surface area contributed by atoms with Crippen LogP contribution in [0.15, 0.2) is 24.3 Å². The van der Waals surface area contributed by atoms with E-state index in [4.69, 9.17) is 0 Å². The number of carbonyl (C=O) groups is 1. The predicted molar refractivity (Wildman–Crippen MR) is 57.3 cm³/mol.